The molecule has 0 bridgehead atoms. The molecule has 0 aromatic carbocycles. The molecule has 9 heteroatoms. The Kier molecular flexibility index (Phi) is 39.7. The second-order valence-electron chi connectivity index (χ2n) is 16.4. The Morgan fingerprint density at radius 1 is 0.561 bits per heavy atom. The van der Waals surface area contributed by atoms with Crippen LogP contribution in [-0.2, 0) is 27.9 Å². The minimum atomic E-state index is -4.54. The van der Waals surface area contributed by atoms with Crippen LogP contribution in [0.2, 0.25) is 0 Å². The highest BCUT2D eigenvalue weighted by Gasteiger charge is 2.20. The molecule has 0 N–H and O–H groups in total. The van der Waals surface area contributed by atoms with Crippen molar-refractivity contribution in [3.05, 3.63) is 60.8 Å². The number of carbonyl (C=O) groups excluding carboxylic acids is 1. The van der Waals surface area contributed by atoms with E-state index in [1.165, 1.54) is 89.9 Å². The number of esters is 1. The molecule has 0 saturated heterocycles. The van der Waals surface area contributed by atoms with Gasteiger partial charge in [-0.05, 0) is 57.8 Å². The van der Waals surface area contributed by atoms with E-state index in [1.54, 1.807) is 0 Å². The first kappa shape index (κ1) is 55.2. The number of phosphoric ester groups is 1. The van der Waals surface area contributed by atoms with Gasteiger partial charge in [-0.3, -0.25) is 9.36 Å². The van der Waals surface area contributed by atoms with Crippen LogP contribution in [0.5, 0.6) is 0 Å². The number of unbranched alkanes of at least 4 members (excludes halogenated alkanes) is 18. The minimum absolute atomic E-state index is 0.0180. The van der Waals surface area contributed by atoms with E-state index in [2.05, 4.69) is 74.6 Å². The van der Waals surface area contributed by atoms with Gasteiger partial charge in [0, 0.05) is 13.0 Å². The van der Waals surface area contributed by atoms with Gasteiger partial charge in [0.1, 0.15) is 19.3 Å². The number of hydrogen-bond donors (Lipinski definition) is 0. The van der Waals surface area contributed by atoms with E-state index in [0.29, 0.717) is 24.1 Å². The number of rotatable bonds is 42. The van der Waals surface area contributed by atoms with E-state index in [9.17, 15) is 14.3 Å². The third-order valence-electron chi connectivity index (χ3n) is 9.58. The first-order valence-electron chi connectivity index (χ1n) is 23.0. The van der Waals surface area contributed by atoms with Gasteiger partial charge in [0.25, 0.3) is 7.82 Å². The molecule has 0 heterocycles. The van der Waals surface area contributed by atoms with Crippen molar-refractivity contribution >= 4 is 13.8 Å². The van der Waals surface area contributed by atoms with Crippen molar-refractivity contribution in [1.29, 1.82) is 0 Å². The van der Waals surface area contributed by atoms with Crippen LogP contribution in [0.3, 0.4) is 0 Å². The number of carbonyl (C=O) groups is 1. The Hall–Kier alpha value is -1.80. The molecule has 1 unspecified atom stereocenters. The average molecular weight is 822 g/mol. The molecule has 0 radical (unpaired) electrons. The Labute approximate surface area is 351 Å². The Bertz CT molecular complexity index is 1090. The molecule has 0 aliphatic carbocycles. The summed E-state index contributed by atoms with van der Waals surface area (Å²) in [4.78, 5) is 25.1. The normalized spacial score (nSPS) is 14.3. The molecule has 0 aliphatic rings. The lowest BCUT2D eigenvalue weighted by Gasteiger charge is -2.28. The fourth-order valence-electron chi connectivity index (χ4n) is 6.04. The van der Waals surface area contributed by atoms with E-state index in [4.69, 9.17) is 18.5 Å². The summed E-state index contributed by atoms with van der Waals surface area (Å²) in [6.45, 7) is 5.26. The van der Waals surface area contributed by atoms with E-state index >= 15 is 0 Å². The van der Waals surface area contributed by atoms with Gasteiger partial charge in [-0.1, -0.05) is 177 Å². The van der Waals surface area contributed by atoms with Gasteiger partial charge in [-0.2, -0.15) is 0 Å². The monoisotopic (exact) mass is 822 g/mol. The van der Waals surface area contributed by atoms with E-state index in [1.807, 2.05) is 21.1 Å². The number of phosphoric acid groups is 1. The maximum atomic E-state index is 12.7. The molecule has 0 aromatic rings. The summed E-state index contributed by atoms with van der Waals surface area (Å²) in [6.07, 6.45) is 50.9. The third kappa shape index (κ3) is 45.1. The molecule has 0 spiro atoms. The van der Waals surface area contributed by atoms with Crippen LogP contribution in [0, 0.1) is 0 Å². The Morgan fingerprint density at radius 3 is 1.51 bits per heavy atom. The van der Waals surface area contributed by atoms with E-state index in [0.717, 1.165) is 64.2 Å². The van der Waals surface area contributed by atoms with Gasteiger partial charge < -0.3 is 27.9 Å². The number of allylic oxidation sites excluding steroid dienone is 10. The highest BCUT2D eigenvalue weighted by atomic mass is 31.2. The zero-order valence-electron chi connectivity index (χ0n) is 37.5. The second-order valence-corrected chi connectivity index (χ2v) is 17.8. The fraction of sp³-hybridized carbons (Fsp3) is 0.771. The van der Waals surface area contributed by atoms with Crippen molar-refractivity contribution in [3.8, 4) is 0 Å². The number of quaternary nitrogens is 1. The van der Waals surface area contributed by atoms with Crippen LogP contribution in [0.15, 0.2) is 60.8 Å². The van der Waals surface area contributed by atoms with Gasteiger partial charge in [0.2, 0.25) is 0 Å². The molecule has 0 aliphatic heterocycles. The number of nitrogens with zero attached hydrogens (tertiary/aromatic N) is 1. The topological polar surface area (TPSA) is 94.1 Å². The standard InChI is InChI=1S/C48H88NO7P/c1-6-8-10-12-14-16-18-20-22-24-25-26-27-29-31-33-35-37-39-41-48(50)56-47(46-55-57(51,52)54-44-42-49(3,4)5)45-53-43-40-38-36-34-32-30-28-23-21-19-17-15-13-11-9-7-2/h8,10,14,16,20,22,25-26,29,31,47H,6-7,9,11-13,15,17-19,21,23-24,27-28,30,32-46H2,1-5H3/b10-8-,16-14-,22-20-,26-25-,31-29-/t47-/m1/s1. The lowest BCUT2D eigenvalue weighted by atomic mass is 10.0. The average Bonchev–Trinajstić information content (AvgIpc) is 3.16. The molecule has 8 nitrogen and oxygen atoms in total. The van der Waals surface area contributed by atoms with Crippen LogP contribution in [0.4, 0.5) is 0 Å². The number of likely N-dealkylation sites (N-methyl/N-ethyl adjacent to an activating group) is 1. The zero-order chi connectivity index (χ0) is 42.0. The maximum absolute atomic E-state index is 12.7. The molecule has 0 aromatic heterocycles. The van der Waals surface area contributed by atoms with Crippen molar-refractivity contribution in [2.24, 2.45) is 0 Å². The van der Waals surface area contributed by atoms with Crippen LogP contribution >= 0.6 is 7.82 Å². The minimum Gasteiger partial charge on any atom is -0.756 e. The SMILES string of the molecule is CC/C=C\C/C=C\C/C=C\C/C=C\C/C=C\CCCCCC(=O)O[C@H](COCCCCCCCCCCCCCCCCCC)COP(=O)([O-])OCC[N+](C)(C)C. The van der Waals surface area contributed by atoms with Gasteiger partial charge >= 0.3 is 5.97 Å². The fourth-order valence-corrected chi connectivity index (χ4v) is 6.77. The van der Waals surface area contributed by atoms with E-state index in [-0.39, 0.29) is 32.2 Å². The molecule has 0 rings (SSSR count). The lowest BCUT2D eigenvalue weighted by molar-refractivity contribution is -0.870. The van der Waals surface area contributed by atoms with Crippen molar-refractivity contribution in [3.63, 3.8) is 0 Å². The van der Waals surface area contributed by atoms with Crippen LogP contribution in [-0.4, -0.2) is 70.7 Å². The second kappa shape index (κ2) is 41.0. The van der Waals surface area contributed by atoms with Gasteiger partial charge in [0.15, 0.2) is 0 Å². The predicted molar refractivity (Wildman–Crippen MR) is 240 cm³/mol. The molecular weight excluding hydrogens is 734 g/mol. The summed E-state index contributed by atoms with van der Waals surface area (Å²) in [5.74, 6) is -0.365. The van der Waals surface area contributed by atoms with Crippen LogP contribution in [0.1, 0.15) is 181 Å². The molecule has 2 atom stereocenters. The molecular formula is C48H88NO7P. The quantitative estimate of drug-likeness (QED) is 0.0199. The smallest absolute Gasteiger partial charge is 0.306 e. The maximum Gasteiger partial charge on any atom is 0.306 e. The summed E-state index contributed by atoms with van der Waals surface area (Å²) in [7, 11) is 1.33. The number of ether oxygens (including phenoxy) is 2. The van der Waals surface area contributed by atoms with Crippen LogP contribution in [0.25, 0.3) is 0 Å². The molecule has 0 amide bonds. The van der Waals surface area contributed by atoms with Gasteiger partial charge in [-0.25, -0.2) is 0 Å². The van der Waals surface area contributed by atoms with Crippen molar-refractivity contribution < 1.29 is 37.3 Å². The summed E-state index contributed by atoms with van der Waals surface area (Å²) >= 11 is 0. The Morgan fingerprint density at radius 2 is 1.02 bits per heavy atom. The molecule has 0 saturated carbocycles. The Balaban J connectivity index is 4.28. The van der Waals surface area contributed by atoms with Crippen LogP contribution < -0.4 is 4.89 Å². The van der Waals surface area contributed by atoms with Gasteiger partial charge in [0.05, 0.1) is 34.4 Å². The largest absolute Gasteiger partial charge is 0.756 e. The number of hydrogen-bond acceptors (Lipinski definition) is 7. The summed E-state index contributed by atoms with van der Waals surface area (Å²) < 4.78 is 34.6. The zero-order valence-corrected chi connectivity index (χ0v) is 38.4. The third-order valence-corrected chi connectivity index (χ3v) is 10.5. The van der Waals surface area contributed by atoms with Gasteiger partial charge in [-0.15, -0.1) is 0 Å². The molecule has 57 heavy (non-hydrogen) atoms. The van der Waals surface area contributed by atoms with Crippen molar-refractivity contribution in [1.82, 2.24) is 0 Å². The first-order valence-corrected chi connectivity index (χ1v) is 24.5. The summed E-state index contributed by atoms with van der Waals surface area (Å²) in [5, 5.41) is 0. The molecule has 332 valence electrons. The highest BCUT2D eigenvalue weighted by molar-refractivity contribution is 7.45. The van der Waals surface area contributed by atoms with Crippen molar-refractivity contribution in [2.45, 2.75) is 187 Å². The highest BCUT2D eigenvalue weighted by Crippen LogP contribution is 2.38. The van der Waals surface area contributed by atoms with Crippen molar-refractivity contribution in [2.75, 3.05) is 54.1 Å². The lowest BCUT2D eigenvalue weighted by Crippen LogP contribution is -2.37. The predicted octanol–water partition coefficient (Wildman–Crippen LogP) is 13.1. The summed E-state index contributed by atoms with van der Waals surface area (Å²) in [6, 6.07) is 0. The summed E-state index contributed by atoms with van der Waals surface area (Å²) in [5.41, 5.74) is 0. The first-order chi connectivity index (χ1) is 27.6. The van der Waals surface area contributed by atoms with E-state index < -0.39 is 13.9 Å². The molecule has 0 fully saturated rings.